The molecule has 0 atom stereocenters. The van der Waals surface area contributed by atoms with Crippen LogP contribution in [0.1, 0.15) is 48.9 Å². The summed E-state index contributed by atoms with van der Waals surface area (Å²) < 4.78 is 5.19. The first-order valence-corrected chi connectivity index (χ1v) is 7.49. The van der Waals surface area contributed by atoms with Crippen molar-refractivity contribution in [2.45, 2.75) is 44.1 Å². The summed E-state index contributed by atoms with van der Waals surface area (Å²) in [5.41, 5.74) is 5.84. The van der Waals surface area contributed by atoms with Gasteiger partial charge in [-0.2, -0.15) is 0 Å². The van der Waals surface area contributed by atoms with Crippen LogP contribution in [0.5, 0.6) is 5.75 Å². The lowest BCUT2D eigenvalue weighted by Gasteiger charge is -2.27. The molecule has 5 heteroatoms. The highest BCUT2D eigenvalue weighted by Gasteiger charge is 2.28. The Hall–Kier alpha value is -1.75. The maximum Gasteiger partial charge on any atom is 0.255 e. The third kappa shape index (κ3) is 3.88. The summed E-state index contributed by atoms with van der Waals surface area (Å²) in [6, 6.07) is 5.07. The van der Waals surface area contributed by atoms with E-state index in [2.05, 4.69) is 5.32 Å². The second-order valence-electron chi connectivity index (χ2n) is 5.75. The number of nitrogens with one attached hydrogen (secondary N) is 1. The van der Waals surface area contributed by atoms with Crippen LogP contribution in [0, 0.1) is 0 Å². The molecular weight excluding hydrogens is 268 g/mol. The maximum absolute atomic E-state index is 12.3. The van der Waals surface area contributed by atoms with Gasteiger partial charge in [0.15, 0.2) is 5.75 Å². The van der Waals surface area contributed by atoms with E-state index in [9.17, 15) is 9.90 Å². The normalized spacial score (nSPS) is 17.8. The number of hydrogen-bond acceptors (Lipinski definition) is 4. The standard InChI is InChI=1S/C16H24N2O3/c1-21-14-12(7-6-8-13(14)17)15(19)18-11-16(20)9-4-2-3-5-10-16/h6-8,20H,2-5,9-11,17H2,1H3,(H,18,19). The van der Waals surface area contributed by atoms with Crippen LogP contribution in [-0.4, -0.2) is 30.3 Å². The molecule has 1 aliphatic carbocycles. The van der Waals surface area contributed by atoms with Crippen molar-refractivity contribution in [3.63, 3.8) is 0 Å². The van der Waals surface area contributed by atoms with Gasteiger partial charge in [-0.15, -0.1) is 0 Å². The molecule has 1 aromatic carbocycles. The van der Waals surface area contributed by atoms with Crippen LogP contribution in [0.15, 0.2) is 18.2 Å². The fourth-order valence-corrected chi connectivity index (χ4v) is 2.86. The van der Waals surface area contributed by atoms with Crippen LogP contribution in [0.3, 0.4) is 0 Å². The monoisotopic (exact) mass is 292 g/mol. The van der Waals surface area contributed by atoms with Gasteiger partial charge in [0.05, 0.1) is 24.0 Å². The highest BCUT2D eigenvalue weighted by atomic mass is 16.5. The Bertz CT molecular complexity index is 494. The van der Waals surface area contributed by atoms with E-state index in [-0.39, 0.29) is 12.5 Å². The van der Waals surface area contributed by atoms with Gasteiger partial charge in [-0.1, -0.05) is 31.7 Å². The average Bonchev–Trinajstić information content (AvgIpc) is 2.70. The van der Waals surface area contributed by atoms with Gasteiger partial charge in [0.1, 0.15) is 0 Å². The summed E-state index contributed by atoms with van der Waals surface area (Å²) in [5, 5.41) is 13.4. The van der Waals surface area contributed by atoms with E-state index in [0.717, 1.165) is 38.5 Å². The number of para-hydroxylation sites is 1. The van der Waals surface area contributed by atoms with Crippen LogP contribution < -0.4 is 15.8 Å². The van der Waals surface area contributed by atoms with Gasteiger partial charge in [0.2, 0.25) is 0 Å². The number of methoxy groups -OCH3 is 1. The Balaban J connectivity index is 2.03. The van der Waals surface area contributed by atoms with Crippen molar-refractivity contribution in [3.05, 3.63) is 23.8 Å². The molecule has 4 N–H and O–H groups in total. The summed E-state index contributed by atoms with van der Waals surface area (Å²) in [6.45, 7) is 0.268. The van der Waals surface area contributed by atoms with Gasteiger partial charge < -0.3 is 20.9 Å². The summed E-state index contributed by atoms with van der Waals surface area (Å²) in [4.78, 5) is 12.3. The molecule has 0 spiro atoms. The minimum absolute atomic E-state index is 0.267. The zero-order valence-electron chi connectivity index (χ0n) is 12.5. The first kappa shape index (κ1) is 15.6. The molecule has 21 heavy (non-hydrogen) atoms. The van der Waals surface area contributed by atoms with E-state index in [1.165, 1.54) is 7.11 Å². The van der Waals surface area contributed by atoms with Gasteiger partial charge in [0, 0.05) is 6.54 Å². The summed E-state index contributed by atoms with van der Waals surface area (Å²) >= 11 is 0. The molecule has 1 fully saturated rings. The Morgan fingerprint density at radius 2 is 2.00 bits per heavy atom. The van der Waals surface area contributed by atoms with E-state index >= 15 is 0 Å². The van der Waals surface area contributed by atoms with Gasteiger partial charge in [-0.3, -0.25) is 4.79 Å². The zero-order chi connectivity index (χ0) is 15.3. The molecule has 0 saturated heterocycles. The van der Waals surface area contributed by atoms with E-state index in [1.807, 2.05) is 0 Å². The molecule has 2 rings (SSSR count). The van der Waals surface area contributed by atoms with Crippen LogP contribution >= 0.6 is 0 Å². The molecule has 1 saturated carbocycles. The van der Waals surface area contributed by atoms with Crippen LogP contribution in [0.25, 0.3) is 0 Å². The minimum atomic E-state index is -0.792. The Morgan fingerprint density at radius 1 is 1.33 bits per heavy atom. The first-order valence-electron chi connectivity index (χ1n) is 7.49. The summed E-state index contributed by atoms with van der Waals surface area (Å²) in [5.74, 6) is 0.111. The highest BCUT2D eigenvalue weighted by Crippen LogP contribution is 2.28. The predicted octanol–water partition coefficient (Wildman–Crippen LogP) is 2.09. The second kappa shape index (κ2) is 6.80. The van der Waals surface area contributed by atoms with E-state index in [4.69, 9.17) is 10.5 Å². The molecule has 0 bridgehead atoms. The average molecular weight is 292 g/mol. The Kier molecular flexibility index (Phi) is 5.07. The van der Waals surface area contributed by atoms with E-state index in [0.29, 0.717) is 17.0 Å². The van der Waals surface area contributed by atoms with Crippen molar-refractivity contribution < 1.29 is 14.6 Å². The SMILES string of the molecule is COc1c(N)cccc1C(=O)NCC1(O)CCCCCC1. The number of carbonyl (C=O) groups is 1. The number of rotatable bonds is 4. The number of nitrogen functional groups attached to an aromatic ring is 1. The van der Waals surface area contributed by atoms with Gasteiger partial charge >= 0.3 is 0 Å². The van der Waals surface area contributed by atoms with Crippen LogP contribution in [0.2, 0.25) is 0 Å². The van der Waals surface area contributed by atoms with E-state index in [1.54, 1.807) is 18.2 Å². The molecule has 0 unspecified atom stereocenters. The molecule has 0 aliphatic heterocycles. The van der Waals surface area contributed by atoms with Gasteiger partial charge in [-0.25, -0.2) is 0 Å². The topological polar surface area (TPSA) is 84.6 Å². The van der Waals surface area contributed by atoms with Crippen molar-refractivity contribution in [3.8, 4) is 5.75 Å². The van der Waals surface area contributed by atoms with Crippen molar-refractivity contribution >= 4 is 11.6 Å². The molecule has 0 heterocycles. The fourth-order valence-electron chi connectivity index (χ4n) is 2.86. The van der Waals surface area contributed by atoms with E-state index < -0.39 is 5.60 Å². The highest BCUT2D eigenvalue weighted by molar-refractivity contribution is 5.98. The van der Waals surface area contributed by atoms with Crippen LogP contribution in [-0.2, 0) is 0 Å². The first-order chi connectivity index (χ1) is 10.1. The van der Waals surface area contributed by atoms with Gasteiger partial charge in [-0.05, 0) is 25.0 Å². The molecular formula is C16H24N2O3. The molecule has 5 nitrogen and oxygen atoms in total. The number of nitrogens with two attached hydrogens (primary N) is 1. The van der Waals surface area contributed by atoms with Crippen LogP contribution in [0.4, 0.5) is 5.69 Å². The maximum atomic E-state index is 12.3. The lowest BCUT2D eigenvalue weighted by Crippen LogP contribution is -2.42. The minimum Gasteiger partial charge on any atom is -0.494 e. The van der Waals surface area contributed by atoms with Crippen molar-refractivity contribution in [1.29, 1.82) is 0 Å². The second-order valence-corrected chi connectivity index (χ2v) is 5.75. The number of anilines is 1. The summed E-state index contributed by atoms with van der Waals surface area (Å²) in [6.07, 6.45) is 5.79. The number of aliphatic hydroxyl groups is 1. The number of ether oxygens (including phenoxy) is 1. The molecule has 0 aromatic heterocycles. The van der Waals surface area contributed by atoms with Gasteiger partial charge in [0.25, 0.3) is 5.91 Å². The number of amides is 1. The quantitative estimate of drug-likeness (QED) is 0.586. The molecule has 1 aliphatic rings. The van der Waals surface area contributed by atoms with Crippen molar-refractivity contribution in [2.24, 2.45) is 0 Å². The molecule has 116 valence electrons. The van der Waals surface area contributed by atoms with Crippen molar-refractivity contribution in [2.75, 3.05) is 19.4 Å². The smallest absolute Gasteiger partial charge is 0.255 e. The largest absolute Gasteiger partial charge is 0.494 e. The molecule has 0 radical (unpaired) electrons. The fraction of sp³-hybridized carbons (Fsp3) is 0.562. The zero-order valence-corrected chi connectivity index (χ0v) is 12.5. The Morgan fingerprint density at radius 3 is 2.62 bits per heavy atom. The third-order valence-corrected chi connectivity index (χ3v) is 4.11. The number of hydrogen-bond donors (Lipinski definition) is 3. The number of benzene rings is 1. The lowest BCUT2D eigenvalue weighted by atomic mass is 9.94. The number of carbonyl (C=O) groups excluding carboxylic acids is 1. The third-order valence-electron chi connectivity index (χ3n) is 4.11. The predicted molar refractivity (Wildman–Crippen MR) is 82.4 cm³/mol. The lowest BCUT2D eigenvalue weighted by molar-refractivity contribution is 0.0246. The van der Waals surface area contributed by atoms with Crippen molar-refractivity contribution in [1.82, 2.24) is 5.32 Å². The summed E-state index contributed by atoms with van der Waals surface area (Å²) in [7, 11) is 1.49. The Labute approximate surface area is 125 Å². The molecule has 1 aromatic rings. The molecule has 1 amide bonds.